The van der Waals surface area contributed by atoms with Crippen LogP contribution in [-0.2, 0) is 19.1 Å². The van der Waals surface area contributed by atoms with E-state index in [-0.39, 0.29) is 23.1 Å². The fourth-order valence-electron chi connectivity index (χ4n) is 10.0. The van der Waals surface area contributed by atoms with Gasteiger partial charge in [-0.05, 0) is 85.9 Å². The van der Waals surface area contributed by atoms with E-state index in [4.69, 9.17) is 9.47 Å². The summed E-state index contributed by atoms with van der Waals surface area (Å²) >= 11 is 0. The molecule has 4 aliphatic rings. The van der Waals surface area contributed by atoms with E-state index in [1.54, 1.807) is 0 Å². The first kappa shape index (κ1) is 30.3. The molecule has 1 N–H and O–H groups in total. The maximum absolute atomic E-state index is 12.6. The zero-order valence-corrected chi connectivity index (χ0v) is 25.2. The number of nitrogens with zero attached hydrogens (tertiary/aromatic N) is 2. The molecule has 222 valence electrons. The van der Waals surface area contributed by atoms with E-state index in [1.807, 2.05) is 0 Å². The standard InChI is InChI=1S/C31H51N2O6/c1-19(2)9-8-10-20(3)25-11-12-26-24-17-28(32-33(36)37)31(39-22(5)35)18-23(38-21(4)34)13-16-30(31,7)27(24)14-15-29(25,26)6/h19-20,23-27,36H,8-18H2,1-7H3/q-1/b32-28+/t20-,23+,24+,25-,26+,27+,29-,30-,31+/m1/s1. The van der Waals surface area contributed by atoms with Crippen LogP contribution in [0.4, 0.5) is 0 Å². The van der Waals surface area contributed by atoms with Gasteiger partial charge in [-0.2, -0.15) is 5.10 Å². The molecule has 0 radical (unpaired) electrons. The molecule has 8 heteroatoms. The number of hydrogen-bond acceptors (Lipinski definition) is 8. The lowest BCUT2D eigenvalue weighted by Gasteiger charge is -2.65. The molecule has 0 aromatic heterocycles. The smallest absolute Gasteiger partial charge is 0.303 e. The third-order valence-corrected chi connectivity index (χ3v) is 11.6. The normalized spacial score (nSPS) is 41.4. The SMILES string of the molecule is CC(=O)O[C@H]1CC[C@]2(C)[C@H]3CC[C@]4(C)[C@@H]([C@H](C)CCCC(C)C)CC[C@H]4[C@@H]3C/C(=N\N([O-])O)[C@@]2(OC(C)=O)C1. The quantitative estimate of drug-likeness (QED) is 0.260. The highest BCUT2D eigenvalue weighted by Crippen LogP contribution is 2.69. The number of carbonyl (C=O) groups is 2. The van der Waals surface area contributed by atoms with Crippen LogP contribution in [0, 0.1) is 51.5 Å². The topological polar surface area (TPSA) is 111 Å². The van der Waals surface area contributed by atoms with Gasteiger partial charge in [-0.15, -0.1) is 0 Å². The van der Waals surface area contributed by atoms with Gasteiger partial charge in [0, 0.05) is 25.7 Å². The Hall–Kier alpha value is -1.67. The zero-order valence-electron chi connectivity index (χ0n) is 25.2. The molecule has 9 atom stereocenters. The second-order valence-electron chi connectivity index (χ2n) is 14.2. The first-order valence-corrected chi connectivity index (χ1v) is 15.3. The highest BCUT2D eigenvalue weighted by Gasteiger charge is 2.69. The summed E-state index contributed by atoms with van der Waals surface area (Å²) in [6, 6.07) is 0. The third kappa shape index (κ3) is 5.49. The average Bonchev–Trinajstić information content (AvgIpc) is 3.16. The minimum atomic E-state index is -1.19. The van der Waals surface area contributed by atoms with Crippen LogP contribution in [-0.4, -0.2) is 39.9 Å². The van der Waals surface area contributed by atoms with E-state index >= 15 is 0 Å². The fraction of sp³-hybridized carbons (Fsp3) is 0.903. The Morgan fingerprint density at radius 1 is 1.05 bits per heavy atom. The van der Waals surface area contributed by atoms with Gasteiger partial charge in [-0.1, -0.05) is 53.9 Å². The molecule has 39 heavy (non-hydrogen) atoms. The molecule has 4 saturated carbocycles. The summed E-state index contributed by atoms with van der Waals surface area (Å²) < 4.78 is 11.8. The number of fused-ring (bicyclic) bond motifs is 5. The largest absolute Gasteiger partial charge is 0.716 e. The average molecular weight is 548 g/mol. The monoisotopic (exact) mass is 547 g/mol. The summed E-state index contributed by atoms with van der Waals surface area (Å²) in [7, 11) is 0. The number of esters is 2. The van der Waals surface area contributed by atoms with Crippen molar-refractivity contribution in [3.05, 3.63) is 5.21 Å². The van der Waals surface area contributed by atoms with Crippen LogP contribution < -0.4 is 0 Å². The molecule has 0 aromatic carbocycles. The minimum absolute atomic E-state index is 0.229. The first-order chi connectivity index (χ1) is 18.2. The summed E-state index contributed by atoms with van der Waals surface area (Å²) in [5.74, 6) is 2.35. The molecule has 0 saturated heterocycles. The lowest BCUT2D eigenvalue weighted by molar-refractivity contribution is -0.205. The molecule has 4 aliphatic carbocycles. The first-order valence-electron chi connectivity index (χ1n) is 15.3. The Balaban J connectivity index is 1.68. The highest BCUT2D eigenvalue weighted by molar-refractivity contribution is 5.96. The van der Waals surface area contributed by atoms with Crippen LogP contribution >= 0.6 is 0 Å². The highest BCUT2D eigenvalue weighted by atomic mass is 16.8. The van der Waals surface area contributed by atoms with E-state index < -0.39 is 23.1 Å². The zero-order chi connectivity index (χ0) is 28.8. The second kappa shape index (κ2) is 11.3. The van der Waals surface area contributed by atoms with Gasteiger partial charge in [0.1, 0.15) is 6.10 Å². The molecular weight excluding hydrogens is 496 g/mol. The lowest BCUT2D eigenvalue weighted by atomic mass is 9.42. The van der Waals surface area contributed by atoms with Crippen molar-refractivity contribution < 1.29 is 24.3 Å². The number of rotatable bonds is 8. The fourth-order valence-corrected chi connectivity index (χ4v) is 10.0. The van der Waals surface area contributed by atoms with Gasteiger partial charge in [-0.3, -0.25) is 14.8 Å². The van der Waals surface area contributed by atoms with E-state index in [2.05, 4.69) is 39.7 Å². The minimum Gasteiger partial charge on any atom is -0.716 e. The maximum atomic E-state index is 12.6. The maximum Gasteiger partial charge on any atom is 0.303 e. The molecule has 4 rings (SSSR count). The van der Waals surface area contributed by atoms with Gasteiger partial charge in [0.15, 0.2) is 5.60 Å². The van der Waals surface area contributed by atoms with Gasteiger partial charge in [0.25, 0.3) is 0 Å². The summed E-state index contributed by atoms with van der Waals surface area (Å²) in [4.78, 5) is 24.4. The van der Waals surface area contributed by atoms with E-state index in [1.165, 1.54) is 39.5 Å². The number of hydrazone groups is 1. The molecule has 0 amide bonds. The van der Waals surface area contributed by atoms with E-state index in [9.17, 15) is 20.0 Å². The summed E-state index contributed by atoms with van der Waals surface area (Å²) in [6.45, 7) is 14.5. The predicted molar refractivity (Wildman–Crippen MR) is 149 cm³/mol. The lowest BCUT2D eigenvalue weighted by Crippen LogP contribution is -2.69. The van der Waals surface area contributed by atoms with E-state index in [0.29, 0.717) is 54.6 Å². The summed E-state index contributed by atoms with van der Waals surface area (Å²) in [6.07, 6.45) is 10.1. The van der Waals surface area contributed by atoms with Gasteiger partial charge in [0.05, 0.1) is 5.71 Å². The second-order valence-corrected chi connectivity index (χ2v) is 14.2. The number of carbonyl (C=O) groups excluding carboxylic acids is 2. The van der Waals surface area contributed by atoms with Crippen LogP contribution in [0.1, 0.15) is 119 Å². The Bertz CT molecular complexity index is 951. The van der Waals surface area contributed by atoms with Crippen LogP contribution in [0.15, 0.2) is 5.10 Å². The summed E-state index contributed by atoms with van der Waals surface area (Å²) in [5, 5.41) is 25.4. The molecule has 4 fully saturated rings. The van der Waals surface area contributed by atoms with Crippen molar-refractivity contribution in [2.24, 2.45) is 51.4 Å². The Morgan fingerprint density at radius 3 is 2.38 bits per heavy atom. The molecule has 0 bridgehead atoms. The van der Waals surface area contributed by atoms with Gasteiger partial charge < -0.3 is 14.7 Å². The van der Waals surface area contributed by atoms with E-state index in [0.717, 1.165) is 25.2 Å². The van der Waals surface area contributed by atoms with Crippen molar-refractivity contribution in [3.8, 4) is 0 Å². The third-order valence-electron chi connectivity index (χ3n) is 11.6. The molecule has 0 spiro atoms. The van der Waals surface area contributed by atoms with Crippen molar-refractivity contribution in [2.45, 2.75) is 131 Å². The summed E-state index contributed by atoms with van der Waals surface area (Å²) in [5.41, 5.74) is -1.02. The van der Waals surface area contributed by atoms with Crippen molar-refractivity contribution in [1.29, 1.82) is 0 Å². The number of ether oxygens (including phenoxy) is 2. The van der Waals surface area contributed by atoms with Gasteiger partial charge in [-0.25, -0.2) is 5.34 Å². The van der Waals surface area contributed by atoms with Crippen LogP contribution in [0.2, 0.25) is 0 Å². The molecule has 0 unspecified atom stereocenters. The van der Waals surface area contributed by atoms with Crippen LogP contribution in [0.25, 0.3) is 0 Å². The van der Waals surface area contributed by atoms with Gasteiger partial charge in [0.2, 0.25) is 0 Å². The van der Waals surface area contributed by atoms with Gasteiger partial charge >= 0.3 is 11.9 Å². The van der Waals surface area contributed by atoms with Crippen LogP contribution in [0.5, 0.6) is 0 Å². The van der Waals surface area contributed by atoms with Crippen molar-refractivity contribution in [1.82, 2.24) is 5.34 Å². The Kier molecular flexibility index (Phi) is 8.78. The molecular formula is C31H51N2O6-. The van der Waals surface area contributed by atoms with Crippen molar-refractivity contribution in [3.63, 3.8) is 0 Å². The van der Waals surface area contributed by atoms with Crippen molar-refractivity contribution in [2.75, 3.05) is 0 Å². The predicted octanol–water partition coefficient (Wildman–Crippen LogP) is 6.88. The number of hydrogen-bond donors (Lipinski definition) is 1. The molecule has 0 aromatic rings. The molecule has 0 aliphatic heterocycles. The van der Waals surface area contributed by atoms with Crippen LogP contribution in [0.3, 0.4) is 0 Å². The Labute approximate surface area is 234 Å². The molecule has 8 nitrogen and oxygen atoms in total. The van der Waals surface area contributed by atoms with Crippen molar-refractivity contribution >= 4 is 17.7 Å². The Morgan fingerprint density at radius 2 is 1.77 bits per heavy atom. The molecule has 0 heterocycles.